The normalized spacial score (nSPS) is 31.8. The molecule has 8 heteroatoms. The fourth-order valence-corrected chi connectivity index (χ4v) is 7.82. The Labute approximate surface area is 235 Å². The number of anilines is 1. The highest BCUT2D eigenvalue weighted by Crippen LogP contribution is 2.55. The lowest BCUT2D eigenvalue weighted by molar-refractivity contribution is -0.141. The molecule has 2 bridgehead atoms. The molecule has 1 aromatic rings. The van der Waals surface area contributed by atoms with Crippen molar-refractivity contribution in [3.8, 4) is 0 Å². The van der Waals surface area contributed by atoms with Crippen molar-refractivity contribution in [2.75, 3.05) is 18.1 Å². The molecule has 3 amide bonds. The first-order valence-corrected chi connectivity index (χ1v) is 15.8. The summed E-state index contributed by atoms with van der Waals surface area (Å²) in [5.74, 6) is -1.90. The highest BCUT2D eigenvalue weighted by molar-refractivity contribution is 7.98. The van der Waals surface area contributed by atoms with Crippen LogP contribution >= 0.6 is 11.8 Å². The molecule has 0 aromatic heterocycles. The molecule has 2 saturated heterocycles. The monoisotopic (exact) mass is 549 g/mol. The molecular formula is C31H39N3O4S. The van der Waals surface area contributed by atoms with Gasteiger partial charge in [0.25, 0.3) is 0 Å². The van der Waals surface area contributed by atoms with Crippen LogP contribution in [-0.2, 0) is 19.1 Å². The van der Waals surface area contributed by atoms with Gasteiger partial charge in [0.15, 0.2) is 0 Å². The maximum Gasteiger partial charge on any atom is 0.246 e. The van der Waals surface area contributed by atoms with Crippen LogP contribution in [-0.4, -0.2) is 59.2 Å². The van der Waals surface area contributed by atoms with E-state index in [4.69, 9.17) is 4.74 Å². The van der Waals surface area contributed by atoms with E-state index < -0.39 is 29.6 Å². The molecule has 2 N–H and O–H groups in total. The summed E-state index contributed by atoms with van der Waals surface area (Å²) < 4.78 is 6.50. The second-order valence-corrected chi connectivity index (χ2v) is 12.5. The molecule has 0 unspecified atom stereocenters. The zero-order chi connectivity index (χ0) is 27.0. The first-order valence-electron chi connectivity index (χ1n) is 14.6. The number of thioether (sulfide) groups is 1. The van der Waals surface area contributed by atoms with Crippen molar-refractivity contribution >= 4 is 35.2 Å². The van der Waals surface area contributed by atoms with Gasteiger partial charge in [-0.15, -0.1) is 11.8 Å². The maximum atomic E-state index is 14.1. The van der Waals surface area contributed by atoms with Crippen molar-refractivity contribution < 1.29 is 19.1 Å². The molecule has 0 radical (unpaired) electrons. The molecule has 3 aliphatic heterocycles. The summed E-state index contributed by atoms with van der Waals surface area (Å²) >= 11 is 1.61. The number of benzene rings is 1. The number of nitrogens with zero attached hydrogens (tertiary/aromatic N) is 1. The van der Waals surface area contributed by atoms with Crippen LogP contribution in [0.4, 0.5) is 5.69 Å². The highest BCUT2D eigenvalue weighted by atomic mass is 32.2. The second-order valence-electron chi connectivity index (χ2n) is 11.7. The number of allylic oxidation sites excluding steroid dienone is 1. The fraction of sp³-hybridized carbons (Fsp3) is 0.581. The van der Waals surface area contributed by atoms with Crippen LogP contribution in [0.15, 0.2) is 53.0 Å². The third kappa shape index (κ3) is 4.95. The predicted molar refractivity (Wildman–Crippen MR) is 152 cm³/mol. The van der Waals surface area contributed by atoms with Gasteiger partial charge in [-0.05, 0) is 69.4 Å². The predicted octanol–water partition coefficient (Wildman–Crippen LogP) is 4.84. The van der Waals surface area contributed by atoms with Gasteiger partial charge < -0.3 is 20.3 Å². The van der Waals surface area contributed by atoms with E-state index in [-0.39, 0.29) is 23.8 Å². The summed E-state index contributed by atoms with van der Waals surface area (Å²) in [5, 5.41) is 6.31. The Morgan fingerprint density at radius 3 is 2.74 bits per heavy atom. The Hall–Kier alpha value is -2.58. The number of hydrogen-bond donors (Lipinski definition) is 2. The Morgan fingerprint density at radius 2 is 1.97 bits per heavy atom. The minimum Gasteiger partial charge on any atom is -0.359 e. The van der Waals surface area contributed by atoms with Gasteiger partial charge in [-0.2, -0.15) is 0 Å². The summed E-state index contributed by atoms with van der Waals surface area (Å²) in [6, 6.07) is 7.06. The summed E-state index contributed by atoms with van der Waals surface area (Å²) in [6.45, 7) is 0.470. The van der Waals surface area contributed by atoms with E-state index in [1.165, 1.54) is 24.8 Å². The lowest BCUT2D eigenvalue weighted by atomic mass is 9.74. The van der Waals surface area contributed by atoms with Crippen molar-refractivity contribution in [3.05, 3.63) is 48.1 Å². The minimum absolute atomic E-state index is 0.130. The Balaban J connectivity index is 1.27. The van der Waals surface area contributed by atoms with E-state index in [9.17, 15) is 14.4 Å². The third-order valence-electron chi connectivity index (χ3n) is 9.27. The molecule has 1 saturated carbocycles. The van der Waals surface area contributed by atoms with Crippen molar-refractivity contribution in [2.24, 2.45) is 11.8 Å². The van der Waals surface area contributed by atoms with Crippen LogP contribution in [0.5, 0.6) is 0 Å². The lowest BCUT2D eigenvalue weighted by Gasteiger charge is -2.34. The highest BCUT2D eigenvalue weighted by Gasteiger charge is 2.72. The summed E-state index contributed by atoms with van der Waals surface area (Å²) in [5.41, 5.74) is 0.953. The molecule has 3 fully saturated rings. The van der Waals surface area contributed by atoms with Crippen molar-refractivity contribution in [3.63, 3.8) is 0 Å². The number of ether oxygens (including phenoxy) is 1. The van der Waals surface area contributed by atoms with E-state index in [0.717, 1.165) is 49.8 Å². The average molecular weight is 550 g/mol. The van der Waals surface area contributed by atoms with Gasteiger partial charge in [0.2, 0.25) is 17.7 Å². The number of amides is 3. The average Bonchev–Trinajstić information content (AvgIpc) is 3.60. The molecule has 1 spiro atoms. The summed E-state index contributed by atoms with van der Waals surface area (Å²) in [4.78, 5) is 44.6. The van der Waals surface area contributed by atoms with Gasteiger partial charge in [-0.1, -0.05) is 49.1 Å². The summed E-state index contributed by atoms with van der Waals surface area (Å²) in [7, 11) is 0. The SMILES string of the molecule is CSc1cccc(NC(=O)[C@@H]2[C@@H]3C=C[C@]4(O3)[C@@H]2C(=O)N(CCC2=CCCCC2)[C@H]4C(=O)NC2CCCCC2)c1. The molecule has 2 aliphatic carbocycles. The van der Waals surface area contributed by atoms with Gasteiger partial charge in [0.1, 0.15) is 11.6 Å². The Kier molecular flexibility index (Phi) is 7.60. The van der Waals surface area contributed by atoms with Gasteiger partial charge in [-0.25, -0.2) is 0 Å². The molecule has 208 valence electrons. The van der Waals surface area contributed by atoms with E-state index in [1.54, 1.807) is 16.7 Å². The van der Waals surface area contributed by atoms with Crippen molar-refractivity contribution in [1.82, 2.24) is 10.2 Å². The van der Waals surface area contributed by atoms with Gasteiger partial charge >= 0.3 is 0 Å². The number of carbonyl (C=O) groups is 3. The number of nitrogens with one attached hydrogen (secondary N) is 2. The quantitative estimate of drug-likeness (QED) is 0.358. The van der Waals surface area contributed by atoms with E-state index in [1.807, 2.05) is 42.7 Å². The standard InChI is InChI=1S/C31H39N3O4S/c1-39-23-14-8-13-22(19-23)33-28(35)25-24-15-17-31(38-24)26(25)30(37)34(18-16-20-9-4-2-5-10-20)27(31)29(36)32-21-11-6-3-7-12-21/h8-9,13-15,17,19,21,24-27H,2-7,10-12,16,18H2,1H3,(H,32,36)(H,33,35)/t24-,25+,26-,27-,31-/m0/s1. The zero-order valence-electron chi connectivity index (χ0n) is 22.7. The van der Waals surface area contributed by atoms with Crippen LogP contribution in [0, 0.1) is 11.8 Å². The largest absolute Gasteiger partial charge is 0.359 e. The maximum absolute atomic E-state index is 14.1. The van der Waals surface area contributed by atoms with Gasteiger partial charge in [0.05, 0.1) is 17.9 Å². The van der Waals surface area contributed by atoms with Gasteiger partial charge in [-0.3, -0.25) is 14.4 Å². The molecule has 1 aromatic carbocycles. The second kappa shape index (κ2) is 11.1. The zero-order valence-corrected chi connectivity index (χ0v) is 23.5. The lowest BCUT2D eigenvalue weighted by Crippen LogP contribution is -2.56. The smallest absolute Gasteiger partial charge is 0.246 e. The van der Waals surface area contributed by atoms with Crippen LogP contribution in [0.3, 0.4) is 0 Å². The first kappa shape index (κ1) is 26.6. The van der Waals surface area contributed by atoms with Crippen molar-refractivity contribution in [1.29, 1.82) is 0 Å². The number of rotatable bonds is 8. The van der Waals surface area contributed by atoms with E-state index in [2.05, 4.69) is 16.7 Å². The Morgan fingerprint density at radius 1 is 1.13 bits per heavy atom. The number of carbonyl (C=O) groups excluding carboxylic acids is 3. The Bertz CT molecular complexity index is 1190. The molecular weight excluding hydrogens is 510 g/mol. The van der Waals surface area contributed by atoms with Crippen LogP contribution in [0.1, 0.15) is 64.2 Å². The van der Waals surface area contributed by atoms with Crippen molar-refractivity contribution in [2.45, 2.75) is 92.9 Å². The fourth-order valence-electron chi connectivity index (χ4n) is 7.36. The minimum atomic E-state index is -1.11. The number of hydrogen-bond acceptors (Lipinski definition) is 5. The molecule has 3 heterocycles. The van der Waals surface area contributed by atoms with Crippen LogP contribution in [0.2, 0.25) is 0 Å². The molecule has 6 rings (SSSR count). The van der Waals surface area contributed by atoms with Gasteiger partial charge in [0, 0.05) is 23.2 Å². The van der Waals surface area contributed by atoms with E-state index in [0.29, 0.717) is 12.2 Å². The molecule has 5 atom stereocenters. The van der Waals surface area contributed by atoms with Crippen LogP contribution < -0.4 is 10.6 Å². The molecule has 39 heavy (non-hydrogen) atoms. The third-order valence-corrected chi connectivity index (χ3v) is 10.00. The van der Waals surface area contributed by atoms with E-state index >= 15 is 0 Å². The summed E-state index contributed by atoms with van der Waals surface area (Å²) in [6.07, 6.45) is 18.2. The van der Waals surface area contributed by atoms with Crippen LogP contribution in [0.25, 0.3) is 0 Å². The molecule has 5 aliphatic rings. The topological polar surface area (TPSA) is 87.7 Å². The number of likely N-dealkylation sites (tertiary alicyclic amines) is 1. The number of fused-ring (bicyclic) bond motifs is 1. The molecule has 7 nitrogen and oxygen atoms in total. The first-order chi connectivity index (χ1) is 19.0.